The Balaban J connectivity index is 1.62. The molecule has 0 spiro atoms. The van der Waals surface area contributed by atoms with Gasteiger partial charge < -0.3 is 10.1 Å². The lowest BCUT2D eigenvalue weighted by Gasteiger charge is -2.19. The second-order valence-corrected chi connectivity index (χ2v) is 6.54. The fourth-order valence-electron chi connectivity index (χ4n) is 2.09. The average molecular weight is 261 g/mol. The Hall–Kier alpha value is -0.860. The summed E-state index contributed by atoms with van der Waals surface area (Å²) in [6.45, 7) is 9.39. The maximum atomic E-state index is 5.65. The predicted molar refractivity (Wildman–Crippen MR) is 80.7 cm³/mol. The zero-order chi connectivity index (χ0) is 13.7. The first-order valence-electron chi connectivity index (χ1n) is 7.46. The van der Waals surface area contributed by atoms with Crippen molar-refractivity contribution in [3.63, 3.8) is 0 Å². The Morgan fingerprint density at radius 1 is 1.11 bits per heavy atom. The molecule has 106 valence electrons. The quantitative estimate of drug-likeness (QED) is 0.760. The minimum atomic E-state index is 0.240. The molecule has 2 nitrogen and oxygen atoms in total. The van der Waals surface area contributed by atoms with Gasteiger partial charge in [-0.25, -0.2) is 0 Å². The van der Waals surface area contributed by atoms with E-state index < -0.39 is 0 Å². The van der Waals surface area contributed by atoms with E-state index in [1.807, 2.05) is 0 Å². The molecular formula is C17H27NO. The van der Waals surface area contributed by atoms with Gasteiger partial charge in [0.25, 0.3) is 0 Å². The maximum absolute atomic E-state index is 5.65. The number of hydrogen-bond donors (Lipinski definition) is 1. The Morgan fingerprint density at radius 2 is 1.79 bits per heavy atom. The highest BCUT2D eigenvalue weighted by molar-refractivity contribution is 5.27. The van der Waals surface area contributed by atoms with E-state index in [2.05, 4.69) is 50.4 Å². The van der Waals surface area contributed by atoms with E-state index in [0.29, 0.717) is 0 Å². The van der Waals surface area contributed by atoms with Crippen LogP contribution in [0, 0.1) is 0 Å². The molecule has 1 saturated carbocycles. The molecule has 0 heterocycles. The highest BCUT2D eigenvalue weighted by Gasteiger charge is 2.19. The summed E-state index contributed by atoms with van der Waals surface area (Å²) in [5.41, 5.74) is 3.00. The number of ether oxygens (including phenoxy) is 1. The molecule has 0 saturated heterocycles. The van der Waals surface area contributed by atoms with Crippen molar-refractivity contribution in [1.82, 2.24) is 5.32 Å². The van der Waals surface area contributed by atoms with E-state index in [1.54, 1.807) is 0 Å². The fourth-order valence-corrected chi connectivity index (χ4v) is 2.09. The van der Waals surface area contributed by atoms with Crippen LogP contribution in [0.2, 0.25) is 0 Å². The monoisotopic (exact) mass is 261 g/mol. The van der Waals surface area contributed by atoms with Crippen LogP contribution in [0.25, 0.3) is 0 Å². The summed E-state index contributed by atoms with van der Waals surface area (Å²) in [4.78, 5) is 0. The summed E-state index contributed by atoms with van der Waals surface area (Å²) in [5.74, 6) is 0. The first-order chi connectivity index (χ1) is 9.05. The van der Waals surface area contributed by atoms with E-state index in [-0.39, 0.29) is 5.41 Å². The average Bonchev–Trinajstić information content (AvgIpc) is 3.17. The first-order valence-corrected chi connectivity index (χ1v) is 7.46. The van der Waals surface area contributed by atoms with Crippen LogP contribution >= 0.6 is 0 Å². The zero-order valence-electron chi connectivity index (χ0n) is 12.5. The number of benzene rings is 1. The minimum absolute atomic E-state index is 0.240. The minimum Gasteiger partial charge on any atom is -0.380 e. The van der Waals surface area contributed by atoms with Crippen molar-refractivity contribution in [2.45, 2.75) is 51.5 Å². The molecule has 0 bridgehead atoms. The van der Waals surface area contributed by atoms with Gasteiger partial charge in [-0.2, -0.15) is 0 Å². The third-order valence-corrected chi connectivity index (χ3v) is 3.61. The van der Waals surface area contributed by atoms with Crippen molar-refractivity contribution >= 4 is 0 Å². The molecule has 0 amide bonds. The zero-order valence-corrected chi connectivity index (χ0v) is 12.5. The van der Waals surface area contributed by atoms with E-state index >= 15 is 0 Å². The van der Waals surface area contributed by atoms with Gasteiger partial charge in [0.2, 0.25) is 0 Å². The highest BCUT2D eigenvalue weighted by Crippen LogP contribution is 2.22. The molecule has 19 heavy (non-hydrogen) atoms. The summed E-state index contributed by atoms with van der Waals surface area (Å²) < 4.78 is 5.65. The summed E-state index contributed by atoms with van der Waals surface area (Å²) in [6, 6.07) is 9.72. The van der Waals surface area contributed by atoms with Gasteiger partial charge in [-0.15, -0.1) is 0 Å². The molecule has 0 radical (unpaired) electrons. The third kappa shape index (κ3) is 5.33. The molecule has 0 unspecified atom stereocenters. The number of rotatable bonds is 7. The summed E-state index contributed by atoms with van der Waals surface area (Å²) in [6.07, 6.45) is 3.70. The van der Waals surface area contributed by atoms with Gasteiger partial charge in [0.15, 0.2) is 0 Å². The standard InChI is InChI=1S/C17H27NO/c1-17(2,3)15-6-4-14(5-7-15)10-12-19-13-11-18-16-8-9-16/h4-7,16,18H,8-13H2,1-3H3. The third-order valence-electron chi connectivity index (χ3n) is 3.61. The van der Waals surface area contributed by atoms with Gasteiger partial charge in [-0.3, -0.25) is 0 Å². The van der Waals surface area contributed by atoms with Crippen LogP contribution in [0.4, 0.5) is 0 Å². The van der Waals surface area contributed by atoms with E-state index in [4.69, 9.17) is 4.74 Å². The van der Waals surface area contributed by atoms with E-state index in [9.17, 15) is 0 Å². The van der Waals surface area contributed by atoms with Crippen molar-refractivity contribution in [3.05, 3.63) is 35.4 Å². The molecule has 1 aliphatic carbocycles. The lowest BCUT2D eigenvalue weighted by atomic mass is 9.86. The van der Waals surface area contributed by atoms with Gasteiger partial charge >= 0.3 is 0 Å². The van der Waals surface area contributed by atoms with Crippen molar-refractivity contribution in [2.24, 2.45) is 0 Å². The van der Waals surface area contributed by atoms with Crippen LogP contribution in [0.1, 0.15) is 44.7 Å². The van der Waals surface area contributed by atoms with Crippen LogP contribution in [-0.2, 0) is 16.6 Å². The molecule has 0 aliphatic heterocycles. The lowest BCUT2D eigenvalue weighted by Crippen LogP contribution is -2.22. The van der Waals surface area contributed by atoms with Crippen LogP contribution < -0.4 is 5.32 Å². The lowest BCUT2D eigenvalue weighted by molar-refractivity contribution is 0.138. The fraction of sp³-hybridized carbons (Fsp3) is 0.647. The second kappa shape index (κ2) is 6.53. The smallest absolute Gasteiger partial charge is 0.0591 e. The van der Waals surface area contributed by atoms with E-state index in [1.165, 1.54) is 24.0 Å². The van der Waals surface area contributed by atoms with Crippen molar-refractivity contribution in [3.8, 4) is 0 Å². The van der Waals surface area contributed by atoms with Crippen molar-refractivity contribution in [1.29, 1.82) is 0 Å². The van der Waals surface area contributed by atoms with E-state index in [0.717, 1.165) is 32.2 Å². The predicted octanol–water partition coefficient (Wildman–Crippen LogP) is 3.30. The summed E-state index contributed by atoms with van der Waals surface area (Å²) >= 11 is 0. The molecule has 2 rings (SSSR count). The molecule has 2 heteroatoms. The second-order valence-electron chi connectivity index (χ2n) is 6.54. The Bertz CT molecular complexity index is 373. The number of nitrogens with one attached hydrogen (secondary N) is 1. The molecular weight excluding hydrogens is 234 g/mol. The SMILES string of the molecule is CC(C)(C)c1ccc(CCOCCNC2CC2)cc1. The molecule has 1 N–H and O–H groups in total. The van der Waals surface area contributed by atoms with Gasteiger partial charge in [-0.05, 0) is 35.8 Å². The van der Waals surface area contributed by atoms with Crippen molar-refractivity contribution in [2.75, 3.05) is 19.8 Å². The molecule has 1 aliphatic rings. The van der Waals surface area contributed by atoms with Gasteiger partial charge in [0.1, 0.15) is 0 Å². The molecule has 1 fully saturated rings. The van der Waals surface area contributed by atoms with Crippen LogP contribution in [-0.4, -0.2) is 25.8 Å². The largest absolute Gasteiger partial charge is 0.380 e. The highest BCUT2D eigenvalue weighted by atomic mass is 16.5. The first kappa shape index (κ1) is 14.5. The summed E-state index contributed by atoms with van der Waals surface area (Å²) in [5, 5.41) is 3.45. The number of hydrogen-bond acceptors (Lipinski definition) is 2. The van der Waals surface area contributed by atoms with Gasteiger partial charge in [0, 0.05) is 12.6 Å². The van der Waals surface area contributed by atoms with Crippen LogP contribution in [0.3, 0.4) is 0 Å². The molecule has 1 aromatic rings. The van der Waals surface area contributed by atoms with Gasteiger partial charge in [-0.1, -0.05) is 45.0 Å². The molecule has 0 aromatic heterocycles. The summed E-state index contributed by atoms with van der Waals surface area (Å²) in [7, 11) is 0. The topological polar surface area (TPSA) is 21.3 Å². The Kier molecular flexibility index (Phi) is 5.00. The maximum Gasteiger partial charge on any atom is 0.0591 e. The molecule has 1 aromatic carbocycles. The Morgan fingerprint density at radius 3 is 2.37 bits per heavy atom. The van der Waals surface area contributed by atoms with Crippen molar-refractivity contribution < 1.29 is 4.74 Å². The normalized spacial score (nSPS) is 15.7. The Labute approximate surface area is 117 Å². The molecule has 0 atom stereocenters. The van der Waals surface area contributed by atoms with Crippen LogP contribution in [0.15, 0.2) is 24.3 Å². The van der Waals surface area contributed by atoms with Gasteiger partial charge in [0.05, 0.1) is 13.2 Å². The van der Waals surface area contributed by atoms with Crippen LogP contribution in [0.5, 0.6) is 0 Å².